The van der Waals surface area contributed by atoms with Crippen LogP contribution in [0.5, 0.6) is 0 Å². The molecule has 0 saturated heterocycles. The number of hydrogen-bond donors (Lipinski definition) is 3. The summed E-state index contributed by atoms with van der Waals surface area (Å²) in [5.41, 5.74) is 1.16. The SMILES string of the molecule is CCSc1ccc(CNCC(NC)C(=O)O)cc1. The second-order valence-electron chi connectivity index (χ2n) is 3.89. The number of benzene rings is 1. The molecule has 0 bridgehead atoms. The third kappa shape index (κ3) is 5.08. The third-order valence-corrected chi connectivity index (χ3v) is 3.45. The van der Waals surface area contributed by atoms with Crippen molar-refractivity contribution in [3.8, 4) is 0 Å². The maximum atomic E-state index is 10.8. The van der Waals surface area contributed by atoms with Crippen molar-refractivity contribution in [2.24, 2.45) is 0 Å². The molecule has 0 fully saturated rings. The van der Waals surface area contributed by atoms with Gasteiger partial charge < -0.3 is 15.7 Å². The first-order valence-corrected chi connectivity index (χ1v) is 6.98. The maximum absolute atomic E-state index is 10.8. The number of thioether (sulfide) groups is 1. The molecule has 4 nitrogen and oxygen atoms in total. The average molecular weight is 268 g/mol. The lowest BCUT2D eigenvalue weighted by atomic mass is 10.2. The maximum Gasteiger partial charge on any atom is 0.322 e. The number of carbonyl (C=O) groups is 1. The van der Waals surface area contributed by atoms with Crippen LogP contribution in [-0.4, -0.2) is 36.5 Å². The summed E-state index contributed by atoms with van der Waals surface area (Å²) in [7, 11) is 1.65. The van der Waals surface area contributed by atoms with Crippen LogP contribution in [0.3, 0.4) is 0 Å². The zero-order valence-electron chi connectivity index (χ0n) is 10.8. The van der Waals surface area contributed by atoms with Gasteiger partial charge in [0.1, 0.15) is 6.04 Å². The van der Waals surface area contributed by atoms with Gasteiger partial charge in [0.05, 0.1) is 0 Å². The van der Waals surface area contributed by atoms with Gasteiger partial charge in [-0.2, -0.15) is 0 Å². The Bertz CT molecular complexity index is 368. The Morgan fingerprint density at radius 3 is 2.56 bits per heavy atom. The molecule has 0 aromatic heterocycles. The highest BCUT2D eigenvalue weighted by atomic mass is 32.2. The molecule has 5 heteroatoms. The summed E-state index contributed by atoms with van der Waals surface area (Å²) >= 11 is 1.81. The van der Waals surface area contributed by atoms with Crippen molar-refractivity contribution in [1.29, 1.82) is 0 Å². The van der Waals surface area contributed by atoms with E-state index in [1.165, 1.54) is 4.90 Å². The normalized spacial score (nSPS) is 12.3. The van der Waals surface area contributed by atoms with E-state index in [9.17, 15) is 4.79 Å². The van der Waals surface area contributed by atoms with Gasteiger partial charge >= 0.3 is 5.97 Å². The summed E-state index contributed by atoms with van der Waals surface area (Å²) in [5.74, 6) is 0.236. The number of rotatable bonds is 8. The summed E-state index contributed by atoms with van der Waals surface area (Å²) in [5, 5.41) is 14.7. The van der Waals surface area contributed by atoms with Crippen molar-refractivity contribution >= 4 is 17.7 Å². The molecule has 0 heterocycles. The number of carboxylic acids is 1. The van der Waals surface area contributed by atoms with Crippen LogP contribution in [0.4, 0.5) is 0 Å². The largest absolute Gasteiger partial charge is 0.480 e. The van der Waals surface area contributed by atoms with Crippen LogP contribution in [0.2, 0.25) is 0 Å². The van der Waals surface area contributed by atoms with Crippen molar-refractivity contribution in [2.75, 3.05) is 19.3 Å². The molecule has 1 rings (SSSR count). The van der Waals surface area contributed by atoms with Gasteiger partial charge in [-0.05, 0) is 30.5 Å². The lowest BCUT2D eigenvalue weighted by Gasteiger charge is -2.12. The molecule has 0 aliphatic carbocycles. The van der Waals surface area contributed by atoms with Gasteiger partial charge in [0, 0.05) is 18.0 Å². The van der Waals surface area contributed by atoms with Crippen LogP contribution in [0.1, 0.15) is 12.5 Å². The smallest absolute Gasteiger partial charge is 0.322 e. The van der Waals surface area contributed by atoms with Crippen LogP contribution in [0.25, 0.3) is 0 Å². The van der Waals surface area contributed by atoms with Crippen LogP contribution in [0.15, 0.2) is 29.2 Å². The predicted octanol–water partition coefficient (Wildman–Crippen LogP) is 1.56. The highest BCUT2D eigenvalue weighted by Crippen LogP contribution is 2.17. The van der Waals surface area contributed by atoms with Gasteiger partial charge in [0.25, 0.3) is 0 Å². The molecular weight excluding hydrogens is 248 g/mol. The van der Waals surface area contributed by atoms with Crippen molar-refractivity contribution < 1.29 is 9.90 Å². The second-order valence-corrected chi connectivity index (χ2v) is 5.22. The summed E-state index contributed by atoms with van der Waals surface area (Å²) in [4.78, 5) is 12.0. The summed E-state index contributed by atoms with van der Waals surface area (Å²) < 4.78 is 0. The van der Waals surface area contributed by atoms with Crippen molar-refractivity contribution in [1.82, 2.24) is 10.6 Å². The molecule has 0 saturated carbocycles. The van der Waals surface area contributed by atoms with Gasteiger partial charge in [-0.1, -0.05) is 19.1 Å². The van der Waals surface area contributed by atoms with Gasteiger partial charge in [0.2, 0.25) is 0 Å². The average Bonchev–Trinajstić information content (AvgIpc) is 2.36. The highest BCUT2D eigenvalue weighted by Gasteiger charge is 2.13. The van der Waals surface area contributed by atoms with E-state index in [1.807, 2.05) is 11.8 Å². The number of aliphatic carboxylic acids is 1. The molecule has 1 aromatic carbocycles. The zero-order valence-corrected chi connectivity index (χ0v) is 11.6. The molecule has 1 aromatic rings. The standard InChI is InChI=1S/C13H20N2O2S/c1-3-18-11-6-4-10(5-7-11)8-15-9-12(14-2)13(16)17/h4-7,12,14-15H,3,8-9H2,1-2H3,(H,16,17). The van der Waals surface area contributed by atoms with E-state index in [2.05, 4.69) is 41.8 Å². The quantitative estimate of drug-likeness (QED) is 0.625. The van der Waals surface area contributed by atoms with Crippen LogP contribution >= 0.6 is 11.8 Å². The Labute approximate surface area is 112 Å². The summed E-state index contributed by atoms with van der Waals surface area (Å²) in [6, 6.07) is 7.79. The van der Waals surface area contributed by atoms with E-state index in [0.29, 0.717) is 13.1 Å². The molecular formula is C13H20N2O2S. The second kappa shape index (κ2) is 8.13. The van der Waals surface area contributed by atoms with E-state index in [0.717, 1.165) is 11.3 Å². The van der Waals surface area contributed by atoms with Crippen LogP contribution < -0.4 is 10.6 Å². The molecule has 0 aliphatic rings. The minimum absolute atomic E-state index is 0.414. The molecule has 0 spiro atoms. The molecule has 0 amide bonds. The topological polar surface area (TPSA) is 61.4 Å². The Kier molecular flexibility index (Phi) is 6.78. The van der Waals surface area contributed by atoms with E-state index >= 15 is 0 Å². The van der Waals surface area contributed by atoms with Gasteiger partial charge in [-0.3, -0.25) is 4.79 Å². The monoisotopic (exact) mass is 268 g/mol. The van der Waals surface area contributed by atoms with E-state index in [1.54, 1.807) is 7.05 Å². The molecule has 18 heavy (non-hydrogen) atoms. The molecule has 1 atom stereocenters. The first-order valence-electron chi connectivity index (χ1n) is 6.00. The number of nitrogens with one attached hydrogen (secondary N) is 2. The number of likely N-dealkylation sites (N-methyl/N-ethyl adjacent to an activating group) is 1. The fourth-order valence-corrected chi connectivity index (χ4v) is 2.21. The van der Waals surface area contributed by atoms with Crippen molar-refractivity contribution in [3.63, 3.8) is 0 Å². The fraction of sp³-hybridized carbons (Fsp3) is 0.462. The van der Waals surface area contributed by atoms with Crippen molar-refractivity contribution in [2.45, 2.75) is 24.4 Å². The Balaban J connectivity index is 2.37. The van der Waals surface area contributed by atoms with E-state index < -0.39 is 12.0 Å². The Hall–Kier alpha value is -1.04. The van der Waals surface area contributed by atoms with Crippen LogP contribution in [-0.2, 0) is 11.3 Å². The highest BCUT2D eigenvalue weighted by molar-refractivity contribution is 7.99. The minimum atomic E-state index is -0.834. The van der Waals surface area contributed by atoms with Crippen LogP contribution in [0, 0.1) is 0 Å². The fourth-order valence-electron chi connectivity index (χ4n) is 1.54. The minimum Gasteiger partial charge on any atom is -0.480 e. The van der Waals surface area contributed by atoms with E-state index in [4.69, 9.17) is 5.11 Å². The first-order chi connectivity index (χ1) is 8.67. The molecule has 3 N–H and O–H groups in total. The lowest BCUT2D eigenvalue weighted by molar-refractivity contribution is -0.139. The molecule has 0 aliphatic heterocycles. The van der Waals surface area contributed by atoms with E-state index in [-0.39, 0.29) is 0 Å². The number of hydrogen-bond acceptors (Lipinski definition) is 4. The predicted molar refractivity (Wildman–Crippen MR) is 75.0 cm³/mol. The first kappa shape index (κ1) is 15.0. The zero-order chi connectivity index (χ0) is 13.4. The summed E-state index contributed by atoms with van der Waals surface area (Å²) in [6.07, 6.45) is 0. The van der Waals surface area contributed by atoms with Crippen molar-refractivity contribution in [3.05, 3.63) is 29.8 Å². The Morgan fingerprint density at radius 2 is 2.06 bits per heavy atom. The van der Waals surface area contributed by atoms with Gasteiger partial charge in [-0.15, -0.1) is 11.8 Å². The lowest BCUT2D eigenvalue weighted by Crippen LogP contribution is -2.42. The number of carboxylic acid groups (broad SMARTS) is 1. The third-order valence-electron chi connectivity index (χ3n) is 2.56. The molecule has 1 unspecified atom stereocenters. The summed E-state index contributed by atoms with van der Waals surface area (Å²) in [6.45, 7) is 3.23. The van der Waals surface area contributed by atoms with Gasteiger partial charge in [-0.25, -0.2) is 0 Å². The Morgan fingerprint density at radius 1 is 1.39 bits per heavy atom. The molecule has 0 radical (unpaired) electrons. The molecule has 100 valence electrons. The van der Waals surface area contributed by atoms with Gasteiger partial charge in [0.15, 0.2) is 0 Å².